The number of carbonyl (C=O) groups excluding carboxylic acids is 1. The van der Waals surface area contributed by atoms with E-state index in [0.717, 1.165) is 24.3 Å². The van der Waals surface area contributed by atoms with Gasteiger partial charge in [-0.1, -0.05) is 36.4 Å². The highest BCUT2D eigenvalue weighted by Crippen LogP contribution is 2.35. The van der Waals surface area contributed by atoms with E-state index in [-0.39, 0.29) is 34.4 Å². The summed E-state index contributed by atoms with van der Waals surface area (Å²) < 4.78 is 82.8. The predicted octanol–water partition coefficient (Wildman–Crippen LogP) is 10.5. The number of esters is 1. The van der Waals surface area contributed by atoms with Crippen molar-refractivity contribution in [2.45, 2.75) is 12.4 Å². The van der Waals surface area contributed by atoms with E-state index < -0.39 is 35.4 Å². The van der Waals surface area contributed by atoms with Crippen LogP contribution < -0.4 is 10.6 Å². The van der Waals surface area contributed by atoms with Crippen LogP contribution in [0, 0.1) is 0 Å². The fraction of sp³-hybridized carbons (Fsp3) is 0.0769. The second-order valence-electron chi connectivity index (χ2n) is 12.2. The van der Waals surface area contributed by atoms with Gasteiger partial charge in [0.1, 0.15) is 20.7 Å². The van der Waals surface area contributed by atoms with Crippen LogP contribution >= 0.6 is 22.7 Å². The van der Waals surface area contributed by atoms with Crippen LogP contribution in [0.5, 0.6) is 0 Å². The molecule has 0 spiro atoms. The normalized spacial score (nSPS) is 11.5. The molecule has 3 N–H and O–H groups in total. The third-order valence-corrected chi connectivity index (χ3v) is 9.65. The van der Waals surface area contributed by atoms with E-state index >= 15 is 0 Å². The van der Waals surface area contributed by atoms with Gasteiger partial charge in [0.2, 0.25) is 0 Å². The zero-order valence-corrected chi connectivity index (χ0v) is 31.5. The third kappa shape index (κ3) is 9.24. The first-order chi connectivity index (χ1) is 28.2. The van der Waals surface area contributed by atoms with Gasteiger partial charge in [-0.05, 0) is 60.7 Å². The Labute approximate surface area is 336 Å². The predicted molar refractivity (Wildman–Crippen MR) is 209 cm³/mol. The van der Waals surface area contributed by atoms with E-state index in [9.17, 15) is 41.0 Å². The number of nitrogens with one attached hydrogen (secondary N) is 2. The average Bonchev–Trinajstić information content (AvgIpc) is 3.91. The second kappa shape index (κ2) is 16.4. The van der Waals surface area contributed by atoms with Gasteiger partial charge >= 0.3 is 24.3 Å². The van der Waals surface area contributed by atoms with Crippen LogP contribution in [0.3, 0.4) is 0 Å². The Bertz CT molecular complexity index is 2850. The molecule has 0 bridgehead atoms. The number of thiazole rings is 2. The summed E-state index contributed by atoms with van der Waals surface area (Å²) >= 11 is 2.51. The van der Waals surface area contributed by atoms with E-state index in [2.05, 4.69) is 40.5 Å². The minimum Gasteiger partial charge on any atom is -0.478 e. The first-order valence-electron chi connectivity index (χ1n) is 16.8. The molecule has 0 radical (unpaired) electrons. The minimum atomic E-state index is -4.47. The lowest BCUT2D eigenvalue weighted by Crippen LogP contribution is -2.06. The van der Waals surface area contributed by atoms with Crippen LogP contribution in [-0.4, -0.2) is 54.1 Å². The number of ether oxygens (including phenoxy) is 1. The maximum Gasteiger partial charge on any atom is 0.416 e. The number of nitrogens with zero attached hydrogens (tertiary/aromatic N) is 6. The van der Waals surface area contributed by atoms with E-state index in [1.165, 1.54) is 66.2 Å². The summed E-state index contributed by atoms with van der Waals surface area (Å²) in [6.07, 6.45) is -8.93. The van der Waals surface area contributed by atoms with Gasteiger partial charge in [-0.2, -0.15) is 26.3 Å². The van der Waals surface area contributed by atoms with Crippen molar-refractivity contribution in [3.8, 4) is 22.8 Å². The number of methoxy groups -OCH3 is 1. The van der Waals surface area contributed by atoms with Gasteiger partial charge in [0, 0.05) is 22.5 Å². The molecule has 0 unspecified atom stereocenters. The molecule has 4 heterocycles. The van der Waals surface area contributed by atoms with Crippen LogP contribution in [0.15, 0.2) is 108 Å². The quantitative estimate of drug-likeness (QED) is 0.0980. The molecule has 4 aromatic carbocycles. The number of benzene rings is 4. The number of halogens is 6. The number of carboxylic acids is 1. The fourth-order valence-corrected chi connectivity index (χ4v) is 6.79. The smallest absolute Gasteiger partial charge is 0.416 e. The number of carboxylic acid groups (broad SMARTS) is 1. The molecule has 0 saturated heterocycles. The van der Waals surface area contributed by atoms with Gasteiger partial charge < -0.3 is 20.5 Å². The van der Waals surface area contributed by atoms with Crippen molar-refractivity contribution in [1.29, 1.82) is 0 Å². The van der Waals surface area contributed by atoms with Crippen molar-refractivity contribution in [1.82, 2.24) is 29.9 Å². The highest BCUT2D eigenvalue weighted by Gasteiger charge is 2.31. The van der Waals surface area contributed by atoms with E-state index in [4.69, 9.17) is 4.74 Å². The molecule has 0 aliphatic heterocycles. The Kier molecular flexibility index (Phi) is 11.2. The molecule has 8 rings (SSSR count). The van der Waals surface area contributed by atoms with Gasteiger partial charge in [0.05, 0.1) is 40.4 Å². The van der Waals surface area contributed by atoms with Crippen LogP contribution in [-0.2, 0) is 17.1 Å². The first-order valence-corrected chi connectivity index (χ1v) is 18.6. The number of anilines is 4. The van der Waals surface area contributed by atoms with Crippen molar-refractivity contribution in [3.63, 3.8) is 0 Å². The summed E-state index contributed by atoms with van der Waals surface area (Å²) in [6.45, 7) is 0. The Balaban J connectivity index is 0.000000179. The van der Waals surface area contributed by atoms with E-state index in [1.807, 2.05) is 0 Å². The lowest BCUT2D eigenvalue weighted by molar-refractivity contribution is -0.138. The molecule has 298 valence electrons. The topological polar surface area (TPSA) is 165 Å². The average molecular weight is 847 g/mol. The van der Waals surface area contributed by atoms with E-state index in [1.54, 1.807) is 47.4 Å². The summed E-state index contributed by atoms with van der Waals surface area (Å²) in [7, 11) is 1.28. The molecule has 59 heavy (non-hydrogen) atoms. The molecule has 12 nitrogen and oxygen atoms in total. The highest BCUT2D eigenvalue weighted by molar-refractivity contribution is 7.16. The van der Waals surface area contributed by atoms with Crippen LogP contribution in [0.25, 0.3) is 43.5 Å². The van der Waals surface area contributed by atoms with Crippen LogP contribution in [0.4, 0.5) is 49.4 Å². The summed E-state index contributed by atoms with van der Waals surface area (Å²) in [6, 6.07) is 22.2. The van der Waals surface area contributed by atoms with Crippen molar-refractivity contribution in [2.24, 2.45) is 0 Å². The molecule has 0 atom stereocenters. The number of hydrogen-bond donors (Lipinski definition) is 3. The zero-order valence-electron chi connectivity index (χ0n) is 29.8. The zero-order chi connectivity index (χ0) is 41.9. The summed E-state index contributed by atoms with van der Waals surface area (Å²) in [4.78, 5) is 50.2. The molecular formula is C39H24F6N8O4S2. The first kappa shape index (κ1) is 40.1. The molecule has 0 saturated carbocycles. The maximum atomic E-state index is 13.0. The lowest BCUT2D eigenvalue weighted by Gasteiger charge is -2.11. The monoisotopic (exact) mass is 846 g/mol. The van der Waals surface area contributed by atoms with Gasteiger partial charge in [-0.15, -0.1) is 22.7 Å². The number of aromatic nitrogens is 6. The summed E-state index contributed by atoms with van der Waals surface area (Å²) in [5.41, 5.74) is 4.23. The SMILES string of the molecule is COC(=O)c1cccc(-c2nc(Nc3cccc(C(F)(F)F)c3)c3ncsc3n2)c1.O=C(O)c1cccc(-c2nc(Nc3cccc(C(F)(F)F)c3)c3ncsc3n2)c1. The van der Waals surface area contributed by atoms with Crippen molar-refractivity contribution in [2.75, 3.05) is 17.7 Å². The van der Waals surface area contributed by atoms with Gasteiger partial charge in [-0.25, -0.2) is 39.5 Å². The number of rotatable bonds is 8. The Morgan fingerprint density at radius 2 is 1.05 bits per heavy atom. The van der Waals surface area contributed by atoms with E-state index in [0.29, 0.717) is 43.2 Å². The Morgan fingerprint density at radius 1 is 0.610 bits per heavy atom. The molecule has 0 fully saturated rings. The number of hydrogen-bond acceptors (Lipinski definition) is 13. The molecule has 0 aliphatic rings. The molecule has 20 heteroatoms. The van der Waals surface area contributed by atoms with Gasteiger partial charge in [0.25, 0.3) is 0 Å². The van der Waals surface area contributed by atoms with Crippen molar-refractivity contribution in [3.05, 3.63) is 130 Å². The summed E-state index contributed by atoms with van der Waals surface area (Å²) in [5, 5.41) is 15.0. The van der Waals surface area contributed by atoms with Crippen molar-refractivity contribution >= 4 is 78.3 Å². The maximum absolute atomic E-state index is 13.0. The number of alkyl halides is 6. The summed E-state index contributed by atoms with van der Waals surface area (Å²) in [5.74, 6) is -0.567. The largest absolute Gasteiger partial charge is 0.478 e. The second-order valence-corrected chi connectivity index (χ2v) is 13.8. The standard InChI is InChI=1S/C20H13F3N4O2S.C19H11F3N4O2S/c1-29-19(28)12-5-2-4-11(8-12)16-26-17(15-18(27-16)30-10-24-15)25-14-7-3-6-13(9-14)20(21,22)23;20-19(21,22)12-5-2-6-13(8-12)24-16-14-17(29-9-23-14)26-15(25-16)10-3-1-4-11(7-10)18(27)28/h2-10H,1H3,(H,25,26,27);1-9H,(H,27,28)(H,24,25,26). The Hall–Kier alpha value is -7.06. The molecule has 8 aromatic rings. The minimum absolute atomic E-state index is 0.0721. The molecular weight excluding hydrogens is 823 g/mol. The Morgan fingerprint density at radius 3 is 1.49 bits per heavy atom. The number of fused-ring (bicyclic) bond motifs is 2. The van der Waals surface area contributed by atoms with Crippen molar-refractivity contribution < 1.29 is 45.8 Å². The fourth-order valence-electron chi connectivity index (χ4n) is 5.47. The highest BCUT2D eigenvalue weighted by atomic mass is 32.1. The molecule has 4 aromatic heterocycles. The van der Waals surface area contributed by atoms with Gasteiger partial charge in [0.15, 0.2) is 23.3 Å². The molecule has 0 amide bonds. The third-order valence-electron chi connectivity index (χ3n) is 8.21. The van der Waals surface area contributed by atoms with Crippen LogP contribution in [0.1, 0.15) is 31.8 Å². The number of carbonyl (C=O) groups is 2. The van der Waals surface area contributed by atoms with Crippen LogP contribution in [0.2, 0.25) is 0 Å². The molecule has 0 aliphatic carbocycles. The van der Waals surface area contributed by atoms with Gasteiger partial charge in [-0.3, -0.25) is 0 Å². The lowest BCUT2D eigenvalue weighted by atomic mass is 10.1. The number of aromatic carboxylic acids is 1.